The zero-order valence-electron chi connectivity index (χ0n) is 17.7. The second kappa shape index (κ2) is 8.74. The first kappa shape index (κ1) is 22.0. The number of hydrogen-bond acceptors (Lipinski definition) is 6. The van der Waals surface area contributed by atoms with Gasteiger partial charge < -0.3 is 10.1 Å². The van der Waals surface area contributed by atoms with Gasteiger partial charge in [0.05, 0.1) is 12.8 Å². The molecule has 1 N–H and O–H groups in total. The van der Waals surface area contributed by atoms with Crippen LogP contribution in [0.3, 0.4) is 0 Å². The molecule has 1 aliphatic carbocycles. The summed E-state index contributed by atoms with van der Waals surface area (Å²) in [5.41, 5.74) is -0.0212. The SMILES string of the molecule is COC1=CCC(C)c2sc(Nc3cc(C(F)(F)c4ccc(F)cc4)nc(C)n3)nc2C=C1. The molecule has 32 heavy (non-hydrogen) atoms. The number of allylic oxidation sites excluding steroid dienone is 2. The van der Waals surface area contributed by atoms with E-state index in [-0.39, 0.29) is 23.1 Å². The summed E-state index contributed by atoms with van der Waals surface area (Å²) in [7, 11) is 1.62. The molecule has 0 fully saturated rings. The minimum atomic E-state index is -3.41. The number of nitrogens with one attached hydrogen (secondary N) is 1. The van der Waals surface area contributed by atoms with Gasteiger partial charge in [0.25, 0.3) is 0 Å². The number of alkyl halides is 2. The number of thiazole rings is 1. The first-order chi connectivity index (χ1) is 15.3. The van der Waals surface area contributed by atoms with Gasteiger partial charge in [-0.15, -0.1) is 11.3 Å². The number of methoxy groups -OCH3 is 1. The van der Waals surface area contributed by atoms with E-state index in [1.165, 1.54) is 17.4 Å². The third kappa shape index (κ3) is 4.52. The summed E-state index contributed by atoms with van der Waals surface area (Å²) < 4.78 is 48.6. The lowest BCUT2D eigenvalue weighted by molar-refractivity contribution is 0.0377. The first-order valence-electron chi connectivity index (χ1n) is 9.96. The molecular formula is C23H21F3N4OS. The van der Waals surface area contributed by atoms with E-state index < -0.39 is 17.4 Å². The third-order valence-corrected chi connectivity index (χ3v) is 6.26. The molecular weight excluding hydrogens is 437 g/mol. The van der Waals surface area contributed by atoms with E-state index in [1.807, 2.05) is 18.2 Å². The monoisotopic (exact) mass is 458 g/mol. The molecule has 1 aliphatic rings. The van der Waals surface area contributed by atoms with Gasteiger partial charge in [-0.25, -0.2) is 19.3 Å². The van der Waals surface area contributed by atoms with Crippen molar-refractivity contribution in [2.75, 3.05) is 12.4 Å². The quantitative estimate of drug-likeness (QED) is 0.485. The predicted octanol–water partition coefficient (Wildman–Crippen LogP) is 6.32. The first-order valence-corrected chi connectivity index (χ1v) is 10.8. The summed E-state index contributed by atoms with van der Waals surface area (Å²) >= 11 is 1.45. The van der Waals surface area contributed by atoms with E-state index in [0.717, 1.165) is 47.0 Å². The molecule has 166 valence electrons. The Morgan fingerprint density at radius 1 is 1.12 bits per heavy atom. The van der Waals surface area contributed by atoms with Crippen molar-refractivity contribution in [2.24, 2.45) is 0 Å². The van der Waals surface area contributed by atoms with Crippen molar-refractivity contribution in [3.8, 4) is 0 Å². The van der Waals surface area contributed by atoms with Crippen LogP contribution in [0.25, 0.3) is 6.08 Å². The molecule has 0 saturated carbocycles. The maximum atomic E-state index is 15.0. The Morgan fingerprint density at radius 2 is 1.88 bits per heavy atom. The normalized spacial score (nSPS) is 16.1. The molecule has 0 bridgehead atoms. The van der Waals surface area contributed by atoms with Gasteiger partial charge in [0, 0.05) is 16.5 Å². The summed E-state index contributed by atoms with van der Waals surface area (Å²) in [6.07, 6.45) is 6.54. The highest BCUT2D eigenvalue weighted by molar-refractivity contribution is 7.16. The Kier molecular flexibility index (Phi) is 6.01. The Bertz CT molecular complexity index is 1190. The fourth-order valence-corrected chi connectivity index (χ4v) is 4.38. The number of anilines is 2. The molecule has 2 aromatic heterocycles. The average molecular weight is 459 g/mol. The zero-order chi connectivity index (χ0) is 22.9. The summed E-state index contributed by atoms with van der Waals surface area (Å²) in [6.45, 7) is 3.64. The molecule has 2 heterocycles. The van der Waals surface area contributed by atoms with Crippen molar-refractivity contribution < 1.29 is 17.9 Å². The largest absolute Gasteiger partial charge is 0.497 e. The van der Waals surface area contributed by atoms with Crippen LogP contribution in [0.1, 0.15) is 46.9 Å². The Balaban J connectivity index is 1.64. The molecule has 3 aromatic rings. The summed E-state index contributed by atoms with van der Waals surface area (Å²) in [4.78, 5) is 13.8. The predicted molar refractivity (Wildman–Crippen MR) is 119 cm³/mol. The smallest absolute Gasteiger partial charge is 0.315 e. The highest BCUT2D eigenvalue weighted by Gasteiger charge is 2.36. The fraction of sp³-hybridized carbons (Fsp3) is 0.261. The van der Waals surface area contributed by atoms with Crippen molar-refractivity contribution >= 4 is 28.4 Å². The third-order valence-electron chi connectivity index (χ3n) is 5.04. The van der Waals surface area contributed by atoms with Gasteiger partial charge in [0.1, 0.15) is 28.9 Å². The van der Waals surface area contributed by atoms with Gasteiger partial charge in [0.2, 0.25) is 0 Å². The Hall–Kier alpha value is -3.20. The minimum Gasteiger partial charge on any atom is -0.497 e. The van der Waals surface area contributed by atoms with Crippen molar-refractivity contribution in [1.29, 1.82) is 0 Å². The standard InChI is InChI=1S/C23H21F3N4OS/c1-13-4-9-17(31-3)10-11-18-21(13)32-22(29-18)30-20-12-19(27-14(2)28-20)23(25,26)15-5-7-16(24)8-6-15/h5-13H,4H2,1-3H3,(H,27,28,29,30). The molecule has 1 atom stereocenters. The van der Waals surface area contributed by atoms with Crippen molar-refractivity contribution in [3.63, 3.8) is 0 Å². The number of ether oxygens (including phenoxy) is 1. The second-order valence-electron chi connectivity index (χ2n) is 7.44. The summed E-state index contributed by atoms with van der Waals surface area (Å²) in [5, 5.41) is 3.59. The van der Waals surface area contributed by atoms with Gasteiger partial charge in [-0.05, 0) is 61.8 Å². The number of rotatable bonds is 5. The lowest BCUT2D eigenvalue weighted by Gasteiger charge is -2.17. The average Bonchev–Trinajstić information content (AvgIpc) is 3.14. The molecule has 1 aromatic carbocycles. The maximum Gasteiger partial charge on any atom is 0.315 e. The molecule has 4 rings (SSSR count). The summed E-state index contributed by atoms with van der Waals surface area (Å²) in [5.74, 6) is -2.61. The fourth-order valence-electron chi connectivity index (χ4n) is 3.36. The van der Waals surface area contributed by atoms with E-state index in [1.54, 1.807) is 14.0 Å². The van der Waals surface area contributed by atoms with E-state index >= 15 is 8.78 Å². The van der Waals surface area contributed by atoms with Gasteiger partial charge in [-0.1, -0.05) is 6.92 Å². The number of hydrogen-bond donors (Lipinski definition) is 1. The second-order valence-corrected chi connectivity index (χ2v) is 8.47. The molecule has 5 nitrogen and oxygen atoms in total. The van der Waals surface area contributed by atoms with Crippen molar-refractivity contribution in [2.45, 2.75) is 32.1 Å². The summed E-state index contributed by atoms with van der Waals surface area (Å²) in [6, 6.07) is 5.30. The van der Waals surface area contributed by atoms with Gasteiger partial charge in [-0.3, -0.25) is 0 Å². The lowest BCUT2D eigenvalue weighted by atomic mass is 10.0. The number of benzene rings is 1. The topological polar surface area (TPSA) is 59.9 Å². The van der Waals surface area contributed by atoms with Crippen LogP contribution in [0.5, 0.6) is 0 Å². The van der Waals surface area contributed by atoms with Crippen LogP contribution >= 0.6 is 11.3 Å². The number of nitrogens with zero attached hydrogens (tertiary/aromatic N) is 3. The lowest BCUT2D eigenvalue weighted by Crippen LogP contribution is -2.18. The van der Waals surface area contributed by atoms with Crippen LogP contribution < -0.4 is 5.32 Å². The number of halogens is 3. The van der Waals surface area contributed by atoms with E-state index in [9.17, 15) is 4.39 Å². The molecule has 0 spiro atoms. The van der Waals surface area contributed by atoms with Crippen molar-refractivity contribution in [3.05, 3.63) is 81.7 Å². The van der Waals surface area contributed by atoms with Crippen LogP contribution in [0, 0.1) is 12.7 Å². The van der Waals surface area contributed by atoms with Crippen molar-refractivity contribution in [1.82, 2.24) is 15.0 Å². The molecule has 0 amide bonds. The number of aryl methyl sites for hydroxylation is 1. The van der Waals surface area contributed by atoms with Crippen LogP contribution in [-0.2, 0) is 10.7 Å². The highest BCUT2D eigenvalue weighted by Crippen LogP contribution is 2.38. The zero-order valence-corrected chi connectivity index (χ0v) is 18.5. The Labute approximate surface area is 187 Å². The number of aromatic nitrogens is 3. The minimum absolute atomic E-state index is 0.184. The van der Waals surface area contributed by atoms with E-state index in [4.69, 9.17) is 4.74 Å². The maximum absolute atomic E-state index is 15.0. The molecule has 0 radical (unpaired) electrons. The number of fused-ring (bicyclic) bond motifs is 1. The highest BCUT2D eigenvalue weighted by atomic mass is 32.1. The van der Waals surface area contributed by atoms with Gasteiger partial charge in [0.15, 0.2) is 5.13 Å². The van der Waals surface area contributed by atoms with Crippen LogP contribution in [0.2, 0.25) is 0 Å². The van der Waals surface area contributed by atoms with Crippen LogP contribution in [0.4, 0.5) is 24.1 Å². The van der Waals surface area contributed by atoms with Gasteiger partial charge in [-0.2, -0.15) is 8.78 Å². The molecule has 0 saturated heterocycles. The molecule has 9 heteroatoms. The van der Waals surface area contributed by atoms with Gasteiger partial charge >= 0.3 is 5.92 Å². The Morgan fingerprint density at radius 3 is 2.59 bits per heavy atom. The van der Waals surface area contributed by atoms with Crippen LogP contribution in [0.15, 0.2) is 48.2 Å². The van der Waals surface area contributed by atoms with E-state index in [0.29, 0.717) is 5.13 Å². The van der Waals surface area contributed by atoms with E-state index in [2.05, 4.69) is 27.2 Å². The molecule has 1 unspecified atom stereocenters. The molecule has 0 aliphatic heterocycles. The van der Waals surface area contributed by atoms with Crippen LogP contribution in [-0.4, -0.2) is 22.1 Å².